The second-order valence-electron chi connectivity index (χ2n) is 4.41. The molecule has 2 rings (SSSR count). The first-order valence-electron chi connectivity index (χ1n) is 5.87. The molecule has 0 amide bonds. The van der Waals surface area contributed by atoms with Crippen molar-refractivity contribution in [2.75, 3.05) is 0 Å². The lowest BCUT2D eigenvalue weighted by molar-refractivity contribution is 1.34. The topological polar surface area (TPSA) is 0 Å². The van der Waals surface area contributed by atoms with Crippen molar-refractivity contribution in [3.63, 3.8) is 0 Å². The molecule has 0 spiro atoms. The molecule has 0 N–H and O–H groups in total. The summed E-state index contributed by atoms with van der Waals surface area (Å²) in [5, 5.41) is 0. The highest BCUT2D eigenvalue weighted by molar-refractivity contribution is 9.10. The highest BCUT2D eigenvalue weighted by Gasteiger charge is 1.94. The normalized spacial score (nSPS) is 9.67. The molecule has 2 heteroatoms. The maximum absolute atomic E-state index is 3.48. The van der Waals surface area contributed by atoms with E-state index in [-0.39, 0.29) is 0 Å². The fraction of sp³-hybridized carbons (Fsp3) is 0.250. The van der Waals surface area contributed by atoms with Crippen LogP contribution in [0.3, 0.4) is 0 Å². The highest BCUT2D eigenvalue weighted by atomic mass is 79.9. The average molecular weight is 370 g/mol. The van der Waals surface area contributed by atoms with Gasteiger partial charge in [0.05, 0.1) is 0 Å². The van der Waals surface area contributed by atoms with Crippen LogP contribution in [-0.2, 0) is 0 Å². The average Bonchev–Trinajstić information content (AvgIpc) is 2.34. The Morgan fingerprint density at radius 3 is 0.944 bits per heavy atom. The van der Waals surface area contributed by atoms with Gasteiger partial charge in [-0.3, -0.25) is 0 Å². The van der Waals surface area contributed by atoms with E-state index in [1.54, 1.807) is 0 Å². The van der Waals surface area contributed by atoms with E-state index < -0.39 is 0 Å². The van der Waals surface area contributed by atoms with Crippen LogP contribution in [0.5, 0.6) is 0 Å². The number of halogens is 2. The van der Waals surface area contributed by atoms with Crippen LogP contribution in [0, 0.1) is 27.7 Å². The maximum atomic E-state index is 3.48. The fourth-order valence-corrected chi connectivity index (χ4v) is 2.12. The zero-order valence-corrected chi connectivity index (χ0v) is 14.4. The van der Waals surface area contributed by atoms with Crippen LogP contribution < -0.4 is 0 Å². The fourth-order valence-electron chi connectivity index (χ4n) is 1.59. The first-order valence-corrected chi connectivity index (χ1v) is 7.45. The minimum absolute atomic E-state index is 1.23. The Labute approximate surface area is 127 Å². The van der Waals surface area contributed by atoms with Gasteiger partial charge >= 0.3 is 0 Å². The first-order chi connectivity index (χ1) is 8.43. The summed E-state index contributed by atoms with van der Waals surface area (Å²) in [7, 11) is 0. The van der Waals surface area contributed by atoms with Crippen LogP contribution in [-0.4, -0.2) is 0 Å². The molecule has 0 saturated carbocycles. The Morgan fingerprint density at radius 1 is 0.556 bits per heavy atom. The lowest BCUT2D eigenvalue weighted by atomic mass is 10.2. The van der Waals surface area contributed by atoms with Gasteiger partial charge in [0, 0.05) is 8.95 Å². The van der Waals surface area contributed by atoms with Crippen molar-refractivity contribution >= 4 is 31.9 Å². The van der Waals surface area contributed by atoms with Crippen molar-refractivity contribution in [1.82, 2.24) is 0 Å². The molecule has 2 aromatic carbocycles. The zero-order chi connectivity index (χ0) is 13.7. The summed E-state index contributed by atoms with van der Waals surface area (Å²) in [6.45, 7) is 8.38. The van der Waals surface area contributed by atoms with E-state index in [0.717, 1.165) is 0 Å². The quantitative estimate of drug-likeness (QED) is 0.523. The standard InChI is InChI=1S/2C8H9Br/c2*1-6-4-3-5-7(2)8(6)9/h2*3-5H,1-2H3. The molecule has 0 fully saturated rings. The summed E-state index contributed by atoms with van der Waals surface area (Å²) in [6, 6.07) is 12.5. The Hall–Kier alpha value is -0.600. The third-order valence-corrected chi connectivity index (χ3v) is 5.27. The Morgan fingerprint density at radius 2 is 0.778 bits per heavy atom. The van der Waals surface area contributed by atoms with Crippen LogP contribution in [0.15, 0.2) is 45.3 Å². The molecule has 0 aliphatic heterocycles. The lowest BCUT2D eigenvalue weighted by Crippen LogP contribution is -1.77. The van der Waals surface area contributed by atoms with Gasteiger partial charge < -0.3 is 0 Å². The molecule has 0 unspecified atom stereocenters. The SMILES string of the molecule is Cc1cccc(C)c1Br.Cc1cccc(C)c1Br. The second kappa shape index (κ2) is 7.10. The van der Waals surface area contributed by atoms with Crippen LogP contribution in [0.4, 0.5) is 0 Å². The van der Waals surface area contributed by atoms with E-state index in [1.165, 1.54) is 31.2 Å². The Balaban J connectivity index is 0.000000180. The van der Waals surface area contributed by atoms with E-state index in [2.05, 4.69) is 96.0 Å². The third kappa shape index (κ3) is 4.25. The van der Waals surface area contributed by atoms with Crippen molar-refractivity contribution < 1.29 is 0 Å². The Bertz CT molecular complexity index is 441. The molecule has 0 atom stereocenters. The molecule has 0 aromatic heterocycles. The number of rotatable bonds is 0. The van der Waals surface area contributed by atoms with Crippen molar-refractivity contribution in [3.8, 4) is 0 Å². The molecule has 0 aliphatic rings. The minimum Gasteiger partial charge on any atom is -0.0617 e. The molecule has 0 radical (unpaired) electrons. The van der Waals surface area contributed by atoms with E-state index >= 15 is 0 Å². The van der Waals surface area contributed by atoms with Gasteiger partial charge in [0.1, 0.15) is 0 Å². The van der Waals surface area contributed by atoms with Gasteiger partial charge in [-0.15, -0.1) is 0 Å². The minimum atomic E-state index is 1.23. The van der Waals surface area contributed by atoms with E-state index in [4.69, 9.17) is 0 Å². The van der Waals surface area contributed by atoms with Crippen molar-refractivity contribution in [1.29, 1.82) is 0 Å². The summed E-state index contributed by atoms with van der Waals surface area (Å²) in [4.78, 5) is 0. The summed E-state index contributed by atoms with van der Waals surface area (Å²) >= 11 is 6.96. The number of hydrogen-bond acceptors (Lipinski definition) is 0. The van der Waals surface area contributed by atoms with E-state index in [0.29, 0.717) is 0 Å². The second-order valence-corrected chi connectivity index (χ2v) is 6.00. The molecule has 18 heavy (non-hydrogen) atoms. The molecule has 0 bridgehead atoms. The molecule has 0 heterocycles. The molecule has 2 aromatic rings. The Kier molecular flexibility index (Phi) is 6.10. The van der Waals surface area contributed by atoms with E-state index in [9.17, 15) is 0 Å². The number of benzene rings is 2. The van der Waals surface area contributed by atoms with Gasteiger partial charge in [-0.2, -0.15) is 0 Å². The molecule has 96 valence electrons. The van der Waals surface area contributed by atoms with Gasteiger partial charge in [0.15, 0.2) is 0 Å². The molecule has 0 saturated heterocycles. The number of aryl methyl sites for hydroxylation is 4. The molecule has 0 aliphatic carbocycles. The van der Waals surface area contributed by atoms with Crippen molar-refractivity contribution in [3.05, 3.63) is 67.6 Å². The monoisotopic (exact) mass is 368 g/mol. The largest absolute Gasteiger partial charge is 0.0617 e. The predicted octanol–water partition coefficient (Wildman–Crippen LogP) is 6.13. The predicted molar refractivity (Wildman–Crippen MR) is 87.2 cm³/mol. The van der Waals surface area contributed by atoms with Crippen LogP contribution in [0.1, 0.15) is 22.3 Å². The van der Waals surface area contributed by atoms with Crippen molar-refractivity contribution in [2.45, 2.75) is 27.7 Å². The number of hydrogen-bond donors (Lipinski definition) is 0. The lowest BCUT2D eigenvalue weighted by Gasteiger charge is -1.98. The van der Waals surface area contributed by atoms with Gasteiger partial charge in [0.25, 0.3) is 0 Å². The molecular formula is C16H18Br2. The summed E-state index contributed by atoms with van der Waals surface area (Å²) in [6.07, 6.45) is 0. The van der Waals surface area contributed by atoms with Crippen LogP contribution in [0.25, 0.3) is 0 Å². The first kappa shape index (κ1) is 15.5. The van der Waals surface area contributed by atoms with Crippen LogP contribution >= 0.6 is 31.9 Å². The van der Waals surface area contributed by atoms with Gasteiger partial charge in [-0.05, 0) is 49.9 Å². The van der Waals surface area contributed by atoms with Gasteiger partial charge in [-0.25, -0.2) is 0 Å². The summed E-state index contributed by atoms with van der Waals surface area (Å²) in [5.74, 6) is 0. The third-order valence-electron chi connectivity index (χ3n) is 2.77. The van der Waals surface area contributed by atoms with Gasteiger partial charge in [0.2, 0.25) is 0 Å². The zero-order valence-electron chi connectivity index (χ0n) is 11.2. The smallest absolute Gasteiger partial charge is 0.0233 e. The van der Waals surface area contributed by atoms with Gasteiger partial charge in [-0.1, -0.05) is 68.3 Å². The summed E-state index contributed by atoms with van der Waals surface area (Å²) < 4.78 is 2.45. The van der Waals surface area contributed by atoms with Crippen LogP contribution in [0.2, 0.25) is 0 Å². The highest BCUT2D eigenvalue weighted by Crippen LogP contribution is 2.19. The molecular weight excluding hydrogens is 352 g/mol. The molecule has 0 nitrogen and oxygen atoms in total. The van der Waals surface area contributed by atoms with E-state index in [1.807, 2.05) is 0 Å². The maximum Gasteiger partial charge on any atom is 0.0233 e. The summed E-state index contributed by atoms with van der Waals surface area (Å²) in [5.41, 5.74) is 5.20. The van der Waals surface area contributed by atoms with Crippen molar-refractivity contribution in [2.24, 2.45) is 0 Å².